The lowest BCUT2D eigenvalue weighted by Gasteiger charge is -2.24. The second-order valence-corrected chi connectivity index (χ2v) is 11.5. The maximum Gasteiger partial charge on any atom is 0.264 e. The molecule has 0 fully saturated rings. The second-order valence-electron chi connectivity index (χ2n) is 9.24. The van der Waals surface area contributed by atoms with Gasteiger partial charge in [-0.1, -0.05) is 17.7 Å². The minimum Gasteiger partial charge on any atom is -0.484 e. The van der Waals surface area contributed by atoms with Crippen molar-refractivity contribution in [3.63, 3.8) is 0 Å². The Kier molecular flexibility index (Phi) is 10.00. The number of aryl methyl sites for hydroxylation is 2. The molecule has 0 aliphatic rings. The van der Waals surface area contributed by atoms with Crippen molar-refractivity contribution >= 4 is 45.3 Å². The number of amides is 2. The summed E-state index contributed by atoms with van der Waals surface area (Å²) in [6, 6.07) is 21.1. The van der Waals surface area contributed by atoms with Gasteiger partial charge in [0.1, 0.15) is 18.1 Å². The molecule has 218 valence electrons. The number of nitrogens with one attached hydrogen (secondary N) is 2. The minimum atomic E-state index is -4.09. The highest BCUT2D eigenvalue weighted by atomic mass is 35.5. The molecule has 0 atom stereocenters. The maximum absolute atomic E-state index is 13.5. The van der Waals surface area contributed by atoms with Crippen LogP contribution in [0.15, 0.2) is 99.5 Å². The monoisotopic (exact) mass is 608 g/mol. The van der Waals surface area contributed by atoms with E-state index in [1.807, 2.05) is 13.8 Å². The SMILES string of the molecule is Cc1ccc(N(CC(=O)N/N=C\c2ccc(OCC(=O)NCc3ccco3)cc2)S(=O)(=O)c2ccc(Cl)cc2)cc1C. The fourth-order valence-corrected chi connectivity index (χ4v) is 5.26. The molecule has 12 heteroatoms. The molecule has 0 saturated heterocycles. The molecule has 4 rings (SSSR count). The summed E-state index contributed by atoms with van der Waals surface area (Å²) in [7, 11) is -4.09. The number of hydrazone groups is 1. The number of benzene rings is 3. The van der Waals surface area contributed by atoms with Gasteiger partial charge in [0.2, 0.25) is 0 Å². The van der Waals surface area contributed by atoms with Crippen molar-refractivity contribution in [2.45, 2.75) is 25.3 Å². The van der Waals surface area contributed by atoms with E-state index in [-0.39, 0.29) is 24.0 Å². The van der Waals surface area contributed by atoms with E-state index in [4.69, 9.17) is 20.8 Å². The van der Waals surface area contributed by atoms with Gasteiger partial charge in [0.25, 0.3) is 21.8 Å². The largest absolute Gasteiger partial charge is 0.484 e. The summed E-state index contributed by atoms with van der Waals surface area (Å²) in [4.78, 5) is 24.8. The predicted octanol–water partition coefficient (Wildman–Crippen LogP) is 4.59. The second kappa shape index (κ2) is 13.8. The van der Waals surface area contributed by atoms with Crippen LogP contribution in [-0.2, 0) is 26.2 Å². The number of hydrogen-bond donors (Lipinski definition) is 2. The summed E-state index contributed by atoms with van der Waals surface area (Å²) < 4.78 is 38.7. The molecule has 2 amide bonds. The van der Waals surface area contributed by atoms with Crippen molar-refractivity contribution in [3.8, 4) is 5.75 Å². The third-order valence-electron chi connectivity index (χ3n) is 6.16. The number of ether oxygens (including phenoxy) is 1. The standard InChI is InChI=1S/C30H29ClN4O6S/c1-21-5-10-25(16-22(21)2)35(42(38,39)28-13-8-24(31)9-14-28)19-29(36)34-33-17-23-6-11-26(12-7-23)41-20-30(37)32-18-27-4-3-15-40-27/h3-17H,18-20H2,1-2H3,(H,32,37)(H,34,36)/b33-17-. The van der Waals surface area contributed by atoms with Gasteiger partial charge in [-0.05, 0) is 103 Å². The van der Waals surface area contributed by atoms with E-state index in [9.17, 15) is 18.0 Å². The van der Waals surface area contributed by atoms with E-state index in [0.717, 1.165) is 15.4 Å². The highest BCUT2D eigenvalue weighted by molar-refractivity contribution is 7.92. The lowest BCUT2D eigenvalue weighted by atomic mass is 10.1. The summed E-state index contributed by atoms with van der Waals surface area (Å²) in [5.74, 6) is 0.177. The van der Waals surface area contributed by atoms with Gasteiger partial charge < -0.3 is 14.5 Å². The van der Waals surface area contributed by atoms with Crippen molar-refractivity contribution < 1.29 is 27.2 Å². The highest BCUT2D eigenvalue weighted by Crippen LogP contribution is 2.26. The molecule has 4 aromatic rings. The first kappa shape index (κ1) is 30.4. The Morgan fingerprint density at radius 1 is 0.976 bits per heavy atom. The average molecular weight is 609 g/mol. The molecule has 2 N–H and O–H groups in total. The van der Waals surface area contributed by atoms with Gasteiger partial charge in [-0.25, -0.2) is 13.8 Å². The first-order valence-electron chi connectivity index (χ1n) is 12.8. The van der Waals surface area contributed by atoms with E-state index in [1.54, 1.807) is 54.6 Å². The lowest BCUT2D eigenvalue weighted by molar-refractivity contribution is -0.123. The van der Waals surface area contributed by atoms with Crippen LogP contribution in [0, 0.1) is 13.8 Å². The fraction of sp³-hybridized carbons (Fsp3) is 0.167. The Labute approximate surface area is 249 Å². The van der Waals surface area contributed by atoms with Gasteiger partial charge in [-0.3, -0.25) is 13.9 Å². The summed E-state index contributed by atoms with van der Waals surface area (Å²) in [6.07, 6.45) is 2.94. The Bertz CT molecular complexity index is 1660. The van der Waals surface area contributed by atoms with E-state index >= 15 is 0 Å². The van der Waals surface area contributed by atoms with Crippen LogP contribution in [0.2, 0.25) is 5.02 Å². The topological polar surface area (TPSA) is 130 Å². The van der Waals surface area contributed by atoms with Crippen LogP contribution in [-0.4, -0.2) is 39.6 Å². The molecule has 1 heterocycles. The summed E-state index contributed by atoms with van der Waals surface area (Å²) in [6.45, 7) is 3.38. The van der Waals surface area contributed by atoms with Gasteiger partial charge in [0, 0.05) is 5.02 Å². The van der Waals surface area contributed by atoms with Crippen LogP contribution in [0.1, 0.15) is 22.5 Å². The smallest absolute Gasteiger partial charge is 0.264 e. The van der Waals surface area contributed by atoms with Gasteiger partial charge in [-0.2, -0.15) is 5.10 Å². The van der Waals surface area contributed by atoms with E-state index in [0.29, 0.717) is 27.8 Å². The third-order valence-corrected chi connectivity index (χ3v) is 8.20. The van der Waals surface area contributed by atoms with E-state index in [1.165, 1.54) is 36.7 Å². The highest BCUT2D eigenvalue weighted by Gasteiger charge is 2.27. The number of furan rings is 1. The number of carbonyl (C=O) groups is 2. The number of sulfonamides is 1. The van der Waals surface area contributed by atoms with Crippen LogP contribution in [0.25, 0.3) is 0 Å². The van der Waals surface area contributed by atoms with Crippen molar-refractivity contribution in [2.75, 3.05) is 17.5 Å². The molecule has 0 spiro atoms. The van der Waals surface area contributed by atoms with Crippen molar-refractivity contribution in [1.82, 2.24) is 10.7 Å². The Morgan fingerprint density at radius 3 is 2.38 bits per heavy atom. The molecular formula is C30H29ClN4O6S. The number of anilines is 1. The normalized spacial score (nSPS) is 11.3. The van der Waals surface area contributed by atoms with E-state index < -0.39 is 22.5 Å². The number of carbonyl (C=O) groups excluding carboxylic acids is 2. The number of halogens is 1. The summed E-state index contributed by atoms with van der Waals surface area (Å²) in [5, 5.41) is 7.04. The van der Waals surface area contributed by atoms with Gasteiger partial charge >= 0.3 is 0 Å². The first-order chi connectivity index (χ1) is 20.1. The molecule has 1 aromatic heterocycles. The van der Waals surface area contributed by atoms with Crippen LogP contribution in [0.4, 0.5) is 5.69 Å². The Balaban J connectivity index is 1.35. The molecule has 0 aliphatic heterocycles. The Hall–Kier alpha value is -4.61. The number of hydrogen-bond acceptors (Lipinski definition) is 7. The fourth-order valence-electron chi connectivity index (χ4n) is 3.72. The van der Waals surface area contributed by atoms with E-state index in [2.05, 4.69) is 15.8 Å². The third kappa shape index (κ3) is 8.21. The number of rotatable bonds is 12. The van der Waals surface area contributed by atoms with Crippen molar-refractivity contribution in [3.05, 3.63) is 113 Å². The zero-order valence-electron chi connectivity index (χ0n) is 22.9. The maximum atomic E-state index is 13.5. The molecule has 10 nitrogen and oxygen atoms in total. The van der Waals surface area contributed by atoms with Crippen molar-refractivity contribution in [1.29, 1.82) is 0 Å². The average Bonchev–Trinajstić information content (AvgIpc) is 3.50. The van der Waals surface area contributed by atoms with Gasteiger partial charge in [-0.15, -0.1) is 0 Å². The molecule has 42 heavy (non-hydrogen) atoms. The lowest BCUT2D eigenvalue weighted by Crippen LogP contribution is -2.39. The van der Waals surface area contributed by atoms with Gasteiger partial charge in [0.05, 0.1) is 29.6 Å². The molecular weight excluding hydrogens is 580 g/mol. The zero-order chi connectivity index (χ0) is 30.1. The molecule has 3 aromatic carbocycles. The molecule has 0 radical (unpaired) electrons. The van der Waals surface area contributed by atoms with Crippen LogP contribution < -0.4 is 19.8 Å². The molecule has 0 aliphatic carbocycles. The molecule has 0 bridgehead atoms. The van der Waals surface area contributed by atoms with Crippen LogP contribution in [0.3, 0.4) is 0 Å². The number of nitrogens with zero attached hydrogens (tertiary/aromatic N) is 2. The first-order valence-corrected chi connectivity index (χ1v) is 14.6. The Morgan fingerprint density at radius 2 is 1.71 bits per heavy atom. The predicted molar refractivity (Wildman–Crippen MR) is 160 cm³/mol. The van der Waals surface area contributed by atoms with Crippen molar-refractivity contribution in [2.24, 2.45) is 5.10 Å². The summed E-state index contributed by atoms with van der Waals surface area (Å²) in [5.41, 5.74) is 5.24. The quantitative estimate of drug-likeness (QED) is 0.179. The van der Waals surface area contributed by atoms with Crippen LogP contribution >= 0.6 is 11.6 Å². The van der Waals surface area contributed by atoms with Gasteiger partial charge in [0.15, 0.2) is 6.61 Å². The zero-order valence-corrected chi connectivity index (χ0v) is 24.5. The molecule has 0 unspecified atom stereocenters. The summed E-state index contributed by atoms with van der Waals surface area (Å²) >= 11 is 5.94. The molecule has 0 saturated carbocycles. The van der Waals surface area contributed by atoms with Crippen LogP contribution in [0.5, 0.6) is 5.75 Å². The minimum absolute atomic E-state index is 0.00116.